The molecule has 0 saturated carbocycles. The molecule has 1 fully saturated rings. The van der Waals surface area contributed by atoms with Gasteiger partial charge in [-0.05, 0) is 13.3 Å². The van der Waals surface area contributed by atoms with Crippen molar-refractivity contribution in [1.82, 2.24) is 9.88 Å². The standard InChI is InChI=1S/C12H19N3O2S/c1-3-15(9(2)16)12-13-10(8-18-12)6-14-5-4-11(17)7-14/h8,11,17H,3-7H2,1-2H3. The van der Waals surface area contributed by atoms with Gasteiger partial charge < -0.3 is 5.11 Å². The van der Waals surface area contributed by atoms with E-state index in [-0.39, 0.29) is 12.0 Å². The second kappa shape index (κ2) is 5.77. The Kier molecular flexibility index (Phi) is 4.31. The number of carbonyl (C=O) groups excluding carboxylic acids is 1. The largest absolute Gasteiger partial charge is 0.392 e. The second-order valence-corrected chi connectivity index (χ2v) is 5.40. The minimum Gasteiger partial charge on any atom is -0.392 e. The Morgan fingerprint density at radius 2 is 2.50 bits per heavy atom. The van der Waals surface area contributed by atoms with Crippen LogP contribution in [0, 0.1) is 0 Å². The summed E-state index contributed by atoms with van der Waals surface area (Å²) in [7, 11) is 0. The number of thiazole rings is 1. The van der Waals surface area contributed by atoms with Gasteiger partial charge in [0.25, 0.3) is 0 Å². The zero-order valence-electron chi connectivity index (χ0n) is 10.8. The van der Waals surface area contributed by atoms with Gasteiger partial charge in [-0.2, -0.15) is 0 Å². The second-order valence-electron chi connectivity index (χ2n) is 4.56. The summed E-state index contributed by atoms with van der Waals surface area (Å²) in [6.45, 7) is 6.53. The van der Waals surface area contributed by atoms with Crippen molar-refractivity contribution >= 4 is 22.4 Å². The Morgan fingerprint density at radius 1 is 1.72 bits per heavy atom. The van der Waals surface area contributed by atoms with E-state index < -0.39 is 0 Å². The monoisotopic (exact) mass is 269 g/mol. The van der Waals surface area contributed by atoms with Crippen LogP contribution in [0.3, 0.4) is 0 Å². The lowest BCUT2D eigenvalue weighted by atomic mass is 10.3. The van der Waals surface area contributed by atoms with Crippen molar-refractivity contribution in [3.8, 4) is 0 Å². The molecule has 18 heavy (non-hydrogen) atoms. The summed E-state index contributed by atoms with van der Waals surface area (Å²) in [5, 5.41) is 12.2. The predicted molar refractivity (Wildman–Crippen MR) is 71.7 cm³/mol. The Hall–Kier alpha value is -0.980. The van der Waals surface area contributed by atoms with Crippen molar-refractivity contribution < 1.29 is 9.90 Å². The van der Waals surface area contributed by atoms with Crippen molar-refractivity contribution in [3.05, 3.63) is 11.1 Å². The molecule has 2 heterocycles. The summed E-state index contributed by atoms with van der Waals surface area (Å²) in [5.74, 6) is 0.0231. The number of β-amino-alcohol motifs (C(OH)–C–C–N with tert-alkyl or cyclic N) is 1. The van der Waals surface area contributed by atoms with Crippen LogP contribution in [0.5, 0.6) is 0 Å². The van der Waals surface area contributed by atoms with E-state index in [0.29, 0.717) is 6.54 Å². The number of aliphatic hydroxyl groups excluding tert-OH is 1. The highest BCUT2D eigenvalue weighted by Crippen LogP contribution is 2.22. The average molecular weight is 269 g/mol. The van der Waals surface area contributed by atoms with Crippen molar-refractivity contribution in [3.63, 3.8) is 0 Å². The summed E-state index contributed by atoms with van der Waals surface area (Å²) in [6, 6.07) is 0. The quantitative estimate of drug-likeness (QED) is 0.889. The maximum atomic E-state index is 11.4. The average Bonchev–Trinajstić information content (AvgIpc) is 2.90. The predicted octanol–water partition coefficient (Wildman–Crippen LogP) is 1.08. The van der Waals surface area contributed by atoms with Gasteiger partial charge in [0.15, 0.2) is 5.13 Å². The highest BCUT2D eigenvalue weighted by Gasteiger charge is 2.21. The topological polar surface area (TPSA) is 56.7 Å². The van der Waals surface area contributed by atoms with Gasteiger partial charge in [0, 0.05) is 38.5 Å². The molecule has 1 saturated heterocycles. The van der Waals surface area contributed by atoms with Crippen LogP contribution in [-0.4, -0.2) is 46.6 Å². The Labute approximate surface area is 111 Å². The van der Waals surface area contributed by atoms with E-state index in [9.17, 15) is 9.90 Å². The molecule has 1 unspecified atom stereocenters. The molecule has 1 atom stereocenters. The number of aliphatic hydroxyl groups is 1. The molecular weight excluding hydrogens is 250 g/mol. The minimum atomic E-state index is -0.201. The van der Waals surface area contributed by atoms with Crippen LogP contribution in [0.2, 0.25) is 0 Å². The lowest BCUT2D eigenvalue weighted by Crippen LogP contribution is -2.28. The molecule has 0 aliphatic carbocycles. The highest BCUT2D eigenvalue weighted by atomic mass is 32.1. The zero-order chi connectivity index (χ0) is 13.1. The summed E-state index contributed by atoms with van der Waals surface area (Å²) in [4.78, 5) is 19.8. The van der Waals surface area contributed by atoms with Gasteiger partial charge in [-0.1, -0.05) is 0 Å². The van der Waals surface area contributed by atoms with Gasteiger partial charge in [0.1, 0.15) is 0 Å². The normalized spacial score (nSPS) is 20.3. The maximum Gasteiger partial charge on any atom is 0.225 e. The van der Waals surface area contributed by atoms with Gasteiger partial charge in [0.05, 0.1) is 11.8 Å². The SMILES string of the molecule is CCN(C(C)=O)c1nc(CN2CCC(O)C2)cs1. The minimum absolute atomic E-state index is 0.0231. The first-order chi connectivity index (χ1) is 8.60. The van der Waals surface area contributed by atoms with Gasteiger partial charge in [-0.15, -0.1) is 11.3 Å². The fraction of sp³-hybridized carbons (Fsp3) is 0.667. The summed E-state index contributed by atoms with van der Waals surface area (Å²) < 4.78 is 0. The van der Waals surface area contributed by atoms with Crippen LogP contribution >= 0.6 is 11.3 Å². The van der Waals surface area contributed by atoms with Crippen LogP contribution in [0.15, 0.2) is 5.38 Å². The third-order valence-corrected chi connectivity index (χ3v) is 4.01. The Bertz CT molecular complexity index is 421. The van der Waals surface area contributed by atoms with E-state index >= 15 is 0 Å². The van der Waals surface area contributed by atoms with E-state index in [1.165, 1.54) is 11.3 Å². The fourth-order valence-corrected chi connectivity index (χ4v) is 3.09. The fourth-order valence-electron chi connectivity index (χ4n) is 2.17. The Morgan fingerprint density at radius 3 is 3.06 bits per heavy atom. The molecule has 100 valence electrons. The van der Waals surface area contributed by atoms with E-state index in [1.54, 1.807) is 11.8 Å². The van der Waals surface area contributed by atoms with Gasteiger partial charge >= 0.3 is 0 Å². The molecule has 1 amide bonds. The molecule has 0 bridgehead atoms. The molecule has 1 N–H and O–H groups in total. The number of aromatic nitrogens is 1. The van der Waals surface area contributed by atoms with Crippen LogP contribution in [0.25, 0.3) is 0 Å². The van der Waals surface area contributed by atoms with Gasteiger partial charge in [-0.3, -0.25) is 14.6 Å². The number of anilines is 1. The number of hydrogen-bond donors (Lipinski definition) is 1. The van der Waals surface area contributed by atoms with E-state index in [1.807, 2.05) is 12.3 Å². The summed E-state index contributed by atoms with van der Waals surface area (Å²) in [5.41, 5.74) is 0.976. The van der Waals surface area contributed by atoms with Crippen LogP contribution in [0.4, 0.5) is 5.13 Å². The lowest BCUT2D eigenvalue weighted by molar-refractivity contribution is -0.116. The van der Waals surface area contributed by atoms with E-state index in [4.69, 9.17) is 0 Å². The van der Waals surface area contributed by atoms with Crippen LogP contribution in [-0.2, 0) is 11.3 Å². The third-order valence-electron chi connectivity index (χ3n) is 3.10. The van der Waals surface area contributed by atoms with Crippen LogP contribution in [0.1, 0.15) is 26.0 Å². The van der Waals surface area contributed by atoms with Crippen molar-refractivity contribution in [2.75, 3.05) is 24.5 Å². The van der Waals surface area contributed by atoms with Crippen molar-refractivity contribution in [2.24, 2.45) is 0 Å². The molecule has 0 spiro atoms. The molecular formula is C12H19N3O2S. The number of likely N-dealkylation sites (tertiary alicyclic amines) is 1. The number of nitrogens with zero attached hydrogens (tertiary/aromatic N) is 3. The number of hydrogen-bond acceptors (Lipinski definition) is 5. The summed E-state index contributed by atoms with van der Waals surface area (Å²) >= 11 is 1.50. The smallest absolute Gasteiger partial charge is 0.225 e. The first-order valence-corrected chi connectivity index (χ1v) is 7.11. The summed E-state index contributed by atoms with van der Waals surface area (Å²) in [6.07, 6.45) is 0.637. The molecule has 1 aromatic rings. The number of carbonyl (C=O) groups is 1. The highest BCUT2D eigenvalue weighted by molar-refractivity contribution is 7.14. The van der Waals surface area contributed by atoms with E-state index in [0.717, 1.165) is 36.9 Å². The molecule has 1 aromatic heterocycles. The molecule has 1 aliphatic rings. The van der Waals surface area contributed by atoms with E-state index in [2.05, 4.69) is 9.88 Å². The maximum absolute atomic E-state index is 11.4. The van der Waals surface area contributed by atoms with Crippen LogP contribution < -0.4 is 4.90 Å². The molecule has 2 rings (SSSR count). The van der Waals surface area contributed by atoms with Gasteiger partial charge in [0.2, 0.25) is 5.91 Å². The molecule has 1 aliphatic heterocycles. The van der Waals surface area contributed by atoms with Gasteiger partial charge in [-0.25, -0.2) is 4.98 Å². The zero-order valence-corrected chi connectivity index (χ0v) is 11.6. The molecule has 6 heteroatoms. The Balaban J connectivity index is 1.99. The van der Waals surface area contributed by atoms with Crippen molar-refractivity contribution in [2.45, 2.75) is 32.9 Å². The number of amides is 1. The lowest BCUT2D eigenvalue weighted by Gasteiger charge is -2.15. The molecule has 0 radical (unpaired) electrons. The van der Waals surface area contributed by atoms with Crippen molar-refractivity contribution in [1.29, 1.82) is 0 Å². The number of rotatable bonds is 4. The first-order valence-electron chi connectivity index (χ1n) is 6.23. The molecule has 5 nitrogen and oxygen atoms in total. The molecule has 0 aromatic carbocycles. The first kappa shape index (κ1) is 13.5. The third kappa shape index (κ3) is 3.07.